The summed E-state index contributed by atoms with van der Waals surface area (Å²) in [6.45, 7) is 4.57. The highest BCUT2D eigenvalue weighted by Crippen LogP contribution is 2.62. The third-order valence-electron chi connectivity index (χ3n) is 9.01. The Morgan fingerprint density at radius 1 is 0.622 bits per heavy atom. The highest BCUT2D eigenvalue weighted by molar-refractivity contribution is 9.10. The Morgan fingerprint density at radius 3 is 1.81 bits per heavy atom. The van der Waals surface area contributed by atoms with Crippen LogP contribution in [0.5, 0.6) is 0 Å². The fourth-order valence-electron chi connectivity index (χ4n) is 6.62. The van der Waals surface area contributed by atoms with Crippen molar-refractivity contribution in [3.8, 4) is 55.6 Å². The molecule has 2 atom stereocenters. The summed E-state index contributed by atoms with van der Waals surface area (Å²) < 4.78 is -0.0348. The van der Waals surface area contributed by atoms with E-state index >= 15 is 0 Å². The Balaban J connectivity index is 1.43. The molecule has 8 rings (SSSR count). The summed E-state index contributed by atoms with van der Waals surface area (Å²) in [5, 5.41) is 0. The molecule has 1 heteroatoms. The van der Waals surface area contributed by atoms with Gasteiger partial charge in [-0.15, -0.1) is 0 Å². The van der Waals surface area contributed by atoms with Gasteiger partial charge in [0.1, 0.15) is 0 Å². The molecule has 2 unspecified atom stereocenters. The van der Waals surface area contributed by atoms with Gasteiger partial charge in [0.2, 0.25) is 0 Å². The Kier molecular flexibility index (Phi) is 4.42. The number of benzene rings is 5. The molecule has 0 aliphatic heterocycles. The second-order valence-electron chi connectivity index (χ2n) is 11.0. The Bertz CT molecular complexity index is 1760. The summed E-state index contributed by atoms with van der Waals surface area (Å²) >= 11 is 4.15. The van der Waals surface area contributed by atoms with Crippen molar-refractivity contribution >= 4 is 15.9 Å². The van der Waals surface area contributed by atoms with Crippen LogP contribution in [-0.4, -0.2) is 0 Å². The van der Waals surface area contributed by atoms with Crippen LogP contribution >= 0.6 is 15.9 Å². The van der Waals surface area contributed by atoms with Crippen molar-refractivity contribution in [2.24, 2.45) is 0 Å². The van der Waals surface area contributed by atoms with Crippen LogP contribution in [0.15, 0.2) is 97.1 Å². The second-order valence-corrected chi connectivity index (χ2v) is 12.4. The van der Waals surface area contributed by atoms with Gasteiger partial charge in [0.25, 0.3) is 0 Å². The zero-order valence-electron chi connectivity index (χ0n) is 21.1. The van der Waals surface area contributed by atoms with E-state index in [2.05, 4.69) is 127 Å². The molecule has 0 saturated heterocycles. The van der Waals surface area contributed by atoms with Crippen molar-refractivity contribution in [1.82, 2.24) is 0 Å². The van der Waals surface area contributed by atoms with E-state index in [4.69, 9.17) is 0 Å². The Hall–Kier alpha value is -3.42. The summed E-state index contributed by atoms with van der Waals surface area (Å²) in [6, 6.07) is 37.4. The number of alkyl halides is 1. The molecule has 5 aromatic rings. The molecular weight excluding hydrogens is 512 g/mol. The van der Waals surface area contributed by atoms with Gasteiger partial charge in [-0.3, -0.25) is 0 Å². The summed E-state index contributed by atoms with van der Waals surface area (Å²) in [5.41, 5.74) is 18.9. The molecule has 0 radical (unpaired) electrons. The van der Waals surface area contributed by atoms with Crippen molar-refractivity contribution in [2.45, 2.75) is 36.9 Å². The quantitative estimate of drug-likeness (QED) is 0.196. The molecule has 0 aromatic heterocycles. The number of fused-ring (bicyclic) bond motifs is 5. The van der Waals surface area contributed by atoms with Crippen LogP contribution in [0.4, 0.5) is 0 Å². The molecule has 0 heterocycles. The number of rotatable bonds is 3. The molecule has 0 fully saturated rings. The third-order valence-corrected chi connectivity index (χ3v) is 10.1. The topological polar surface area (TPSA) is 0 Å². The molecule has 0 saturated carbocycles. The summed E-state index contributed by atoms with van der Waals surface area (Å²) in [4.78, 5) is 0. The number of hydrogen-bond acceptors (Lipinski definition) is 0. The first-order valence-corrected chi connectivity index (χ1v) is 14.2. The average Bonchev–Trinajstić information content (AvgIpc) is 3.52. The Labute approximate surface area is 227 Å². The van der Waals surface area contributed by atoms with Crippen molar-refractivity contribution in [3.05, 3.63) is 119 Å². The van der Waals surface area contributed by atoms with Gasteiger partial charge < -0.3 is 0 Å². The van der Waals surface area contributed by atoms with Crippen molar-refractivity contribution in [2.75, 3.05) is 0 Å². The molecule has 37 heavy (non-hydrogen) atoms. The maximum atomic E-state index is 4.15. The third kappa shape index (κ3) is 3.01. The Morgan fingerprint density at radius 2 is 1.16 bits per heavy atom. The van der Waals surface area contributed by atoms with E-state index in [0.29, 0.717) is 5.92 Å². The van der Waals surface area contributed by atoms with Gasteiger partial charge in [-0.05, 0) is 115 Å². The van der Waals surface area contributed by atoms with Gasteiger partial charge >= 0.3 is 0 Å². The predicted molar refractivity (Wildman–Crippen MR) is 159 cm³/mol. The van der Waals surface area contributed by atoms with E-state index < -0.39 is 0 Å². The minimum absolute atomic E-state index is 0.0348. The minimum Gasteiger partial charge on any atom is -0.0745 e. The van der Waals surface area contributed by atoms with Crippen LogP contribution in [0.1, 0.15) is 48.4 Å². The van der Waals surface area contributed by atoms with Crippen LogP contribution in [0.2, 0.25) is 0 Å². The number of hydrogen-bond donors (Lipinski definition) is 0. The van der Waals surface area contributed by atoms with Crippen LogP contribution in [0, 0.1) is 0 Å². The van der Waals surface area contributed by atoms with E-state index in [0.717, 1.165) is 12.8 Å². The summed E-state index contributed by atoms with van der Waals surface area (Å²) in [6.07, 6.45) is 2.15. The molecule has 0 nitrogen and oxygen atoms in total. The summed E-state index contributed by atoms with van der Waals surface area (Å²) in [7, 11) is 0. The highest BCUT2D eigenvalue weighted by atomic mass is 79.9. The van der Waals surface area contributed by atoms with Crippen LogP contribution < -0.4 is 0 Å². The molecular formula is C36H27Br. The van der Waals surface area contributed by atoms with E-state index in [1.54, 1.807) is 0 Å². The minimum atomic E-state index is -0.0348. The SMILES string of the molecule is CCC(C)c1ccc(-c2ccc3c(c2)-c2ccc4cc2-c2ccccc2-c2cc5c(cc2-3)C5(Br)C4)cc1. The first kappa shape index (κ1) is 21.6. The van der Waals surface area contributed by atoms with E-state index in [1.165, 1.54) is 77.9 Å². The van der Waals surface area contributed by atoms with Crippen molar-refractivity contribution in [3.63, 3.8) is 0 Å². The second kappa shape index (κ2) is 7.55. The van der Waals surface area contributed by atoms with Crippen molar-refractivity contribution < 1.29 is 0 Å². The molecule has 3 aliphatic rings. The van der Waals surface area contributed by atoms with Gasteiger partial charge in [0.05, 0.1) is 4.32 Å². The zero-order valence-corrected chi connectivity index (χ0v) is 22.7. The maximum Gasteiger partial charge on any atom is 0.0801 e. The lowest BCUT2D eigenvalue weighted by molar-refractivity contribution is 0.734. The van der Waals surface area contributed by atoms with Gasteiger partial charge in [-0.25, -0.2) is 0 Å². The molecule has 0 spiro atoms. The molecule has 0 amide bonds. The maximum absolute atomic E-state index is 4.15. The lowest BCUT2D eigenvalue weighted by atomic mass is 9.79. The fraction of sp³-hybridized carbons (Fsp3) is 0.167. The highest BCUT2D eigenvalue weighted by Gasteiger charge is 2.49. The van der Waals surface area contributed by atoms with Crippen LogP contribution in [0.3, 0.4) is 0 Å². The van der Waals surface area contributed by atoms with Crippen LogP contribution in [-0.2, 0) is 10.7 Å². The largest absolute Gasteiger partial charge is 0.0801 e. The monoisotopic (exact) mass is 538 g/mol. The standard InChI is InChI=1S/C36H27Br/c1-3-21(2)23-9-11-24(12-10-23)25-13-15-29-31(17-25)28-14-8-22-16-30(28)26-6-4-5-7-27(26)32-18-34-35(19-33(29)32)36(34,37)20-22/h4-19,21H,3,20H2,1-2H3. The van der Waals surface area contributed by atoms with Gasteiger partial charge in [0.15, 0.2) is 0 Å². The zero-order chi connectivity index (χ0) is 24.9. The lowest BCUT2D eigenvalue weighted by Crippen LogP contribution is -2.04. The first-order chi connectivity index (χ1) is 18.0. The molecule has 5 aromatic carbocycles. The smallest absolute Gasteiger partial charge is 0.0745 e. The lowest BCUT2D eigenvalue weighted by Gasteiger charge is -2.24. The fourth-order valence-corrected chi connectivity index (χ4v) is 7.50. The van der Waals surface area contributed by atoms with Crippen LogP contribution in [0.25, 0.3) is 55.6 Å². The van der Waals surface area contributed by atoms with Crippen molar-refractivity contribution in [1.29, 1.82) is 0 Å². The molecule has 4 bridgehead atoms. The average molecular weight is 540 g/mol. The molecule has 0 N–H and O–H groups in total. The normalized spacial score (nSPS) is 18.1. The van der Waals surface area contributed by atoms with E-state index in [-0.39, 0.29) is 4.32 Å². The molecule has 3 aliphatic carbocycles. The molecule has 178 valence electrons. The first-order valence-electron chi connectivity index (χ1n) is 13.4. The predicted octanol–water partition coefficient (Wildman–Crippen LogP) is 10.4. The van der Waals surface area contributed by atoms with Gasteiger partial charge in [-0.2, -0.15) is 0 Å². The van der Waals surface area contributed by atoms with E-state index in [9.17, 15) is 0 Å². The summed E-state index contributed by atoms with van der Waals surface area (Å²) in [5.74, 6) is 0.590. The number of halogens is 1. The van der Waals surface area contributed by atoms with Gasteiger partial charge in [-0.1, -0.05) is 109 Å². The van der Waals surface area contributed by atoms with Gasteiger partial charge in [0, 0.05) is 0 Å². The van der Waals surface area contributed by atoms with E-state index in [1.807, 2.05) is 0 Å².